The summed E-state index contributed by atoms with van der Waals surface area (Å²) in [4.78, 5) is 0. The molecule has 0 radical (unpaired) electrons. The summed E-state index contributed by atoms with van der Waals surface area (Å²) < 4.78 is 29.1. The summed E-state index contributed by atoms with van der Waals surface area (Å²) in [5.41, 5.74) is 0. The lowest BCUT2D eigenvalue weighted by Gasteiger charge is -2.38. The summed E-state index contributed by atoms with van der Waals surface area (Å²) in [6, 6.07) is 0. The smallest absolute Gasteiger partial charge is 0.163 e. The van der Waals surface area contributed by atoms with Crippen LogP contribution >= 0.6 is 23.2 Å². The summed E-state index contributed by atoms with van der Waals surface area (Å²) in [5.74, 6) is 1.76. The Labute approximate surface area is 161 Å². The second-order valence-corrected chi connectivity index (χ2v) is 7.36. The predicted molar refractivity (Wildman–Crippen MR) is 98.3 cm³/mol. The average molecular weight is 399 g/mol. The second kappa shape index (κ2) is 13.5. The molecule has 148 valence electrons. The van der Waals surface area contributed by atoms with Gasteiger partial charge < -0.3 is 23.7 Å². The van der Waals surface area contributed by atoms with E-state index in [1.54, 1.807) is 0 Å². The lowest BCUT2D eigenvalue weighted by atomic mass is 9.95. The third-order valence-electron chi connectivity index (χ3n) is 4.75. The van der Waals surface area contributed by atoms with Crippen molar-refractivity contribution in [1.82, 2.24) is 0 Å². The molecule has 0 aliphatic carbocycles. The Bertz CT molecular complexity index is 305. The Morgan fingerprint density at radius 1 is 0.720 bits per heavy atom. The van der Waals surface area contributed by atoms with Gasteiger partial charge in [0, 0.05) is 50.0 Å². The number of ether oxygens (including phenoxy) is 5. The SMILES string of the molecule is ClCCOCCC1CCCOC1OC1OCCCC1CCOCCCl. The molecule has 7 heteroatoms. The quantitative estimate of drug-likeness (QED) is 0.369. The molecule has 4 atom stereocenters. The highest BCUT2D eigenvalue weighted by Gasteiger charge is 2.34. The van der Waals surface area contributed by atoms with Gasteiger partial charge in [0.15, 0.2) is 12.6 Å². The van der Waals surface area contributed by atoms with Crippen LogP contribution in [0.3, 0.4) is 0 Å². The van der Waals surface area contributed by atoms with E-state index in [0.29, 0.717) is 50.0 Å². The van der Waals surface area contributed by atoms with Gasteiger partial charge in [-0.05, 0) is 38.5 Å². The Balaban J connectivity index is 1.78. The van der Waals surface area contributed by atoms with Crippen molar-refractivity contribution in [2.45, 2.75) is 51.1 Å². The van der Waals surface area contributed by atoms with Crippen LogP contribution < -0.4 is 0 Å². The Morgan fingerprint density at radius 2 is 1.20 bits per heavy atom. The normalized spacial score (nSPS) is 30.5. The van der Waals surface area contributed by atoms with Crippen LogP contribution in [0.5, 0.6) is 0 Å². The van der Waals surface area contributed by atoms with E-state index in [0.717, 1.165) is 51.7 Å². The van der Waals surface area contributed by atoms with Crippen molar-refractivity contribution in [3.8, 4) is 0 Å². The Hall–Kier alpha value is 0.380. The molecule has 0 saturated carbocycles. The largest absolute Gasteiger partial charge is 0.380 e. The average Bonchev–Trinajstić information content (AvgIpc) is 2.65. The first kappa shape index (κ1) is 21.7. The van der Waals surface area contributed by atoms with Crippen LogP contribution in [0.25, 0.3) is 0 Å². The van der Waals surface area contributed by atoms with Gasteiger partial charge in [0.1, 0.15) is 0 Å². The number of alkyl halides is 2. The fourth-order valence-electron chi connectivity index (χ4n) is 3.41. The highest BCUT2D eigenvalue weighted by Crippen LogP contribution is 2.31. The minimum absolute atomic E-state index is 0.206. The molecule has 0 amide bonds. The fourth-order valence-corrected chi connectivity index (χ4v) is 3.63. The van der Waals surface area contributed by atoms with Gasteiger partial charge in [-0.1, -0.05) is 0 Å². The van der Waals surface area contributed by atoms with E-state index in [9.17, 15) is 0 Å². The molecule has 25 heavy (non-hydrogen) atoms. The van der Waals surface area contributed by atoms with E-state index in [4.69, 9.17) is 46.9 Å². The molecule has 5 nitrogen and oxygen atoms in total. The van der Waals surface area contributed by atoms with E-state index < -0.39 is 0 Å². The molecular formula is C18H32Cl2O5. The zero-order valence-corrected chi connectivity index (χ0v) is 16.5. The van der Waals surface area contributed by atoms with Gasteiger partial charge in [-0.25, -0.2) is 0 Å². The van der Waals surface area contributed by atoms with Crippen molar-refractivity contribution in [2.24, 2.45) is 11.8 Å². The lowest BCUT2D eigenvalue weighted by Crippen LogP contribution is -2.41. The van der Waals surface area contributed by atoms with Crippen molar-refractivity contribution >= 4 is 23.2 Å². The molecule has 0 N–H and O–H groups in total. The maximum Gasteiger partial charge on any atom is 0.163 e. The second-order valence-electron chi connectivity index (χ2n) is 6.60. The maximum atomic E-state index is 6.26. The van der Waals surface area contributed by atoms with Crippen LogP contribution in [0.4, 0.5) is 0 Å². The molecule has 0 aromatic rings. The van der Waals surface area contributed by atoms with Crippen LogP contribution in [-0.4, -0.2) is 64.0 Å². The van der Waals surface area contributed by atoms with Gasteiger partial charge in [-0.3, -0.25) is 0 Å². The van der Waals surface area contributed by atoms with Crippen molar-refractivity contribution in [3.63, 3.8) is 0 Å². The van der Waals surface area contributed by atoms with E-state index in [2.05, 4.69) is 0 Å². The van der Waals surface area contributed by atoms with Crippen molar-refractivity contribution < 1.29 is 23.7 Å². The number of hydrogen-bond acceptors (Lipinski definition) is 5. The molecule has 0 aromatic heterocycles. The van der Waals surface area contributed by atoms with Gasteiger partial charge in [-0.2, -0.15) is 0 Å². The van der Waals surface area contributed by atoms with Crippen molar-refractivity contribution in [3.05, 3.63) is 0 Å². The van der Waals surface area contributed by atoms with E-state index >= 15 is 0 Å². The summed E-state index contributed by atoms with van der Waals surface area (Å²) in [6.45, 7) is 4.08. The Morgan fingerprint density at radius 3 is 1.64 bits per heavy atom. The number of hydrogen-bond donors (Lipinski definition) is 0. The van der Waals surface area contributed by atoms with Crippen molar-refractivity contribution in [1.29, 1.82) is 0 Å². The molecule has 0 bridgehead atoms. The van der Waals surface area contributed by atoms with E-state index in [1.165, 1.54) is 0 Å². The van der Waals surface area contributed by atoms with E-state index in [-0.39, 0.29) is 12.6 Å². The molecule has 4 unspecified atom stereocenters. The molecule has 2 aliphatic rings. The van der Waals surface area contributed by atoms with Gasteiger partial charge in [0.05, 0.1) is 13.2 Å². The highest BCUT2D eigenvalue weighted by molar-refractivity contribution is 6.18. The van der Waals surface area contributed by atoms with E-state index in [1.807, 2.05) is 0 Å². The molecule has 2 rings (SSSR count). The van der Waals surface area contributed by atoms with Crippen LogP contribution in [-0.2, 0) is 23.7 Å². The highest BCUT2D eigenvalue weighted by atomic mass is 35.5. The van der Waals surface area contributed by atoms with Gasteiger partial charge in [-0.15, -0.1) is 23.2 Å². The third-order valence-corrected chi connectivity index (χ3v) is 5.06. The number of rotatable bonds is 12. The van der Waals surface area contributed by atoms with Crippen LogP contribution in [0.2, 0.25) is 0 Å². The van der Waals surface area contributed by atoms with Crippen molar-refractivity contribution in [2.75, 3.05) is 51.4 Å². The zero-order valence-electron chi connectivity index (χ0n) is 15.0. The molecule has 0 aromatic carbocycles. The van der Waals surface area contributed by atoms with Crippen LogP contribution in [0, 0.1) is 11.8 Å². The topological polar surface area (TPSA) is 46.2 Å². The minimum Gasteiger partial charge on any atom is -0.380 e. The molecule has 2 saturated heterocycles. The zero-order chi connectivity index (χ0) is 17.7. The first-order valence-corrected chi connectivity index (χ1v) is 10.6. The first-order chi connectivity index (χ1) is 12.3. The summed E-state index contributed by atoms with van der Waals surface area (Å²) in [7, 11) is 0. The summed E-state index contributed by atoms with van der Waals surface area (Å²) >= 11 is 11.3. The number of halogens is 2. The molecule has 2 heterocycles. The molecular weight excluding hydrogens is 367 g/mol. The lowest BCUT2D eigenvalue weighted by molar-refractivity contribution is -0.298. The third kappa shape index (κ3) is 8.29. The van der Waals surface area contributed by atoms with Gasteiger partial charge in [0.2, 0.25) is 0 Å². The van der Waals surface area contributed by atoms with Crippen LogP contribution in [0.1, 0.15) is 38.5 Å². The fraction of sp³-hybridized carbons (Fsp3) is 1.00. The monoisotopic (exact) mass is 398 g/mol. The summed E-state index contributed by atoms with van der Waals surface area (Å²) in [5, 5.41) is 0. The molecule has 0 spiro atoms. The standard InChI is InChI=1S/C18H32Cl2O5/c19-7-13-21-11-5-15-3-1-9-23-17(15)25-18-16(4-2-10-24-18)6-12-22-14-8-20/h15-18H,1-14H2. The molecule has 2 aliphatic heterocycles. The maximum absolute atomic E-state index is 6.26. The van der Waals surface area contributed by atoms with Gasteiger partial charge in [0.25, 0.3) is 0 Å². The first-order valence-electron chi connectivity index (χ1n) is 9.51. The van der Waals surface area contributed by atoms with Crippen LogP contribution in [0.15, 0.2) is 0 Å². The predicted octanol–water partition coefficient (Wildman–Crippen LogP) is 3.80. The Kier molecular flexibility index (Phi) is 11.7. The minimum atomic E-state index is -0.206. The van der Waals surface area contributed by atoms with Gasteiger partial charge >= 0.3 is 0 Å². The molecule has 2 fully saturated rings. The summed E-state index contributed by atoms with van der Waals surface area (Å²) in [6.07, 6.45) is 5.79.